The lowest BCUT2D eigenvalue weighted by Crippen LogP contribution is -1.80. The Balaban J connectivity index is 2.61. The summed E-state index contributed by atoms with van der Waals surface area (Å²) in [5, 5.41) is 3.54. The zero-order valence-corrected chi connectivity index (χ0v) is 5.42. The first kappa shape index (κ1) is 6.13. The van der Waals surface area contributed by atoms with Crippen molar-refractivity contribution in [1.82, 2.24) is 5.16 Å². The van der Waals surface area contributed by atoms with Crippen LogP contribution in [0.1, 0.15) is 19.1 Å². The van der Waals surface area contributed by atoms with Crippen LogP contribution in [0.2, 0.25) is 0 Å². The molecule has 0 aliphatic rings. The molecule has 0 atom stereocenters. The van der Waals surface area contributed by atoms with Gasteiger partial charge in [0, 0.05) is 12.5 Å². The van der Waals surface area contributed by atoms with Crippen molar-refractivity contribution in [2.45, 2.75) is 19.8 Å². The maximum absolute atomic E-state index is 5.30. The second kappa shape index (κ2) is 2.53. The summed E-state index contributed by atoms with van der Waals surface area (Å²) in [6.07, 6.45) is 1.98. The van der Waals surface area contributed by atoms with Crippen LogP contribution in [0.5, 0.6) is 0 Å². The SMILES string of the molecule is CCCc1cc(N)no1. The van der Waals surface area contributed by atoms with Crippen molar-refractivity contribution in [3.05, 3.63) is 11.8 Å². The molecule has 50 valence electrons. The van der Waals surface area contributed by atoms with Gasteiger partial charge in [0.1, 0.15) is 5.76 Å². The summed E-state index contributed by atoms with van der Waals surface area (Å²) in [6, 6.07) is 1.75. The fraction of sp³-hybridized carbons (Fsp3) is 0.500. The van der Waals surface area contributed by atoms with Crippen molar-refractivity contribution in [3.8, 4) is 0 Å². The van der Waals surface area contributed by atoms with E-state index in [0.29, 0.717) is 5.82 Å². The molecule has 0 amide bonds. The molecule has 0 radical (unpaired) electrons. The molecule has 1 aromatic rings. The van der Waals surface area contributed by atoms with Crippen molar-refractivity contribution in [1.29, 1.82) is 0 Å². The van der Waals surface area contributed by atoms with Crippen molar-refractivity contribution in [2.24, 2.45) is 0 Å². The zero-order chi connectivity index (χ0) is 6.69. The van der Waals surface area contributed by atoms with Gasteiger partial charge in [0.25, 0.3) is 0 Å². The number of hydrogen-bond donors (Lipinski definition) is 1. The molecule has 3 nitrogen and oxygen atoms in total. The molecular weight excluding hydrogens is 116 g/mol. The van der Waals surface area contributed by atoms with Gasteiger partial charge < -0.3 is 10.3 Å². The van der Waals surface area contributed by atoms with Crippen LogP contribution in [-0.2, 0) is 6.42 Å². The molecule has 0 unspecified atom stereocenters. The van der Waals surface area contributed by atoms with Crippen molar-refractivity contribution >= 4 is 5.82 Å². The van der Waals surface area contributed by atoms with Gasteiger partial charge in [-0.2, -0.15) is 0 Å². The summed E-state index contributed by atoms with van der Waals surface area (Å²) in [7, 11) is 0. The molecule has 0 bridgehead atoms. The van der Waals surface area contributed by atoms with Crippen molar-refractivity contribution in [3.63, 3.8) is 0 Å². The van der Waals surface area contributed by atoms with E-state index < -0.39 is 0 Å². The van der Waals surface area contributed by atoms with Crippen LogP contribution in [0, 0.1) is 0 Å². The molecule has 1 rings (SSSR count). The van der Waals surface area contributed by atoms with Gasteiger partial charge in [-0.25, -0.2) is 0 Å². The fourth-order valence-corrected chi connectivity index (χ4v) is 0.693. The largest absolute Gasteiger partial charge is 0.381 e. The molecule has 0 aromatic carbocycles. The highest BCUT2D eigenvalue weighted by Gasteiger charge is 1.96. The van der Waals surface area contributed by atoms with E-state index in [2.05, 4.69) is 12.1 Å². The average molecular weight is 126 g/mol. The molecule has 1 heterocycles. The van der Waals surface area contributed by atoms with E-state index in [9.17, 15) is 0 Å². The summed E-state index contributed by atoms with van der Waals surface area (Å²) in [4.78, 5) is 0. The highest BCUT2D eigenvalue weighted by atomic mass is 16.5. The van der Waals surface area contributed by atoms with Crippen LogP contribution in [0.15, 0.2) is 10.6 Å². The van der Waals surface area contributed by atoms with Gasteiger partial charge in [-0.3, -0.25) is 0 Å². The summed E-state index contributed by atoms with van der Waals surface area (Å²) in [5.74, 6) is 1.34. The average Bonchev–Trinajstić information content (AvgIpc) is 2.17. The second-order valence-corrected chi connectivity index (χ2v) is 1.97. The van der Waals surface area contributed by atoms with Crippen LogP contribution >= 0.6 is 0 Å². The highest BCUT2D eigenvalue weighted by Crippen LogP contribution is 2.05. The Morgan fingerprint density at radius 1 is 1.78 bits per heavy atom. The third kappa shape index (κ3) is 1.45. The van der Waals surface area contributed by atoms with E-state index in [-0.39, 0.29) is 0 Å². The first-order valence-electron chi connectivity index (χ1n) is 3.04. The first-order chi connectivity index (χ1) is 4.33. The van der Waals surface area contributed by atoms with E-state index in [1.54, 1.807) is 6.07 Å². The third-order valence-electron chi connectivity index (χ3n) is 1.07. The lowest BCUT2D eigenvalue weighted by Gasteiger charge is -1.83. The lowest BCUT2D eigenvalue weighted by atomic mass is 10.3. The summed E-state index contributed by atoms with van der Waals surface area (Å²) in [6.45, 7) is 2.08. The van der Waals surface area contributed by atoms with Crippen LogP contribution in [0.25, 0.3) is 0 Å². The van der Waals surface area contributed by atoms with E-state index in [1.165, 1.54) is 0 Å². The van der Waals surface area contributed by atoms with Crippen LogP contribution in [0.4, 0.5) is 5.82 Å². The Bertz CT molecular complexity index is 183. The van der Waals surface area contributed by atoms with E-state index in [0.717, 1.165) is 18.6 Å². The van der Waals surface area contributed by atoms with Crippen LogP contribution < -0.4 is 5.73 Å². The number of nitrogens with two attached hydrogens (primary N) is 1. The molecule has 0 aliphatic heterocycles. The molecule has 0 spiro atoms. The van der Waals surface area contributed by atoms with Gasteiger partial charge in [0.2, 0.25) is 0 Å². The minimum Gasteiger partial charge on any atom is -0.381 e. The van der Waals surface area contributed by atoms with Crippen molar-refractivity contribution < 1.29 is 4.52 Å². The molecule has 0 saturated carbocycles. The molecule has 0 fully saturated rings. The van der Waals surface area contributed by atoms with Gasteiger partial charge >= 0.3 is 0 Å². The predicted octanol–water partition coefficient (Wildman–Crippen LogP) is 1.21. The number of nitrogen functional groups attached to an aromatic ring is 1. The fourth-order valence-electron chi connectivity index (χ4n) is 0.693. The van der Waals surface area contributed by atoms with E-state index in [1.807, 2.05) is 0 Å². The lowest BCUT2D eigenvalue weighted by molar-refractivity contribution is 0.385. The Labute approximate surface area is 53.8 Å². The minimum absolute atomic E-state index is 0.471. The molecule has 0 saturated heterocycles. The number of rotatable bonds is 2. The van der Waals surface area contributed by atoms with Gasteiger partial charge in [-0.15, -0.1) is 0 Å². The number of aryl methyl sites for hydroxylation is 1. The van der Waals surface area contributed by atoms with Crippen LogP contribution in [0.3, 0.4) is 0 Å². The molecule has 0 aliphatic carbocycles. The minimum atomic E-state index is 0.471. The number of nitrogens with zero attached hydrogens (tertiary/aromatic N) is 1. The van der Waals surface area contributed by atoms with E-state index >= 15 is 0 Å². The second-order valence-electron chi connectivity index (χ2n) is 1.97. The third-order valence-corrected chi connectivity index (χ3v) is 1.07. The Morgan fingerprint density at radius 3 is 3.00 bits per heavy atom. The molecule has 3 heteroatoms. The Morgan fingerprint density at radius 2 is 2.56 bits per heavy atom. The van der Waals surface area contributed by atoms with Crippen LogP contribution in [-0.4, -0.2) is 5.16 Å². The maximum Gasteiger partial charge on any atom is 0.167 e. The monoisotopic (exact) mass is 126 g/mol. The number of anilines is 1. The summed E-state index contributed by atoms with van der Waals surface area (Å²) >= 11 is 0. The highest BCUT2D eigenvalue weighted by molar-refractivity contribution is 5.26. The first-order valence-corrected chi connectivity index (χ1v) is 3.04. The van der Waals surface area contributed by atoms with Gasteiger partial charge in [0.05, 0.1) is 0 Å². The molecular formula is C6H10N2O. The predicted molar refractivity (Wildman–Crippen MR) is 34.9 cm³/mol. The zero-order valence-electron chi connectivity index (χ0n) is 5.42. The number of aromatic nitrogens is 1. The Kier molecular flexibility index (Phi) is 1.72. The van der Waals surface area contributed by atoms with E-state index in [4.69, 9.17) is 10.3 Å². The van der Waals surface area contributed by atoms with Gasteiger partial charge in [-0.05, 0) is 6.42 Å². The number of hydrogen-bond acceptors (Lipinski definition) is 3. The normalized spacial score (nSPS) is 9.89. The van der Waals surface area contributed by atoms with Gasteiger partial charge in [0.15, 0.2) is 5.82 Å². The Hall–Kier alpha value is -0.990. The topological polar surface area (TPSA) is 52.0 Å². The maximum atomic E-state index is 5.30. The van der Waals surface area contributed by atoms with Gasteiger partial charge in [-0.1, -0.05) is 12.1 Å². The van der Waals surface area contributed by atoms with Crippen molar-refractivity contribution in [2.75, 3.05) is 5.73 Å². The smallest absolute Gasteiger partial charge is 0.167 e. The standard InChI is InChI=1S/C6H10N2O/c1-2-3-5-4-6(7)8-9-5/h4H,2-3H2,1H3,(H2,7,8). The molecule has 2 N–H and O–H groups in total. The summed E-state index contributed by atoms with van der Waals surface area (Å²) in [5.41, 5.74) is 5.30. The molecule has 9 heavy (non-hydrogen) atoms. The quantitative estimate of drug-likeness (QED) is 0.648. The summed E-state index contributed by atoms with van der Waals surface area (Å²) < 4.78 is 4.83. The molecule has 1 aromatic heterocycles.